The summed E-state index contributed by atoms with van der Waals surface area (Å²) in [5.74, 6) is -0.395. The van der Waals surface area contributed by atoms with Gasteiger partial charge in [0.2, 0.25) is 0 Å². The Hall–Kier alpha value is -3.08. The van der Waals surface area contributed by atoms with Crippen molar-refractivity contribution in [3.63, 3.8) is 0 Å². The molecule has 0 unspecified atom stereocenters. The smallest absolute Gasteiger partial charge is 0.261 e. The normalized spacial score (nSPS) is 10.8. The first-order valence-corrected chi connectivity index (χ1v) is 7.71. The van der Waals surface area contributed by atoms with Crippen molar-refractivity contribution in [3.8, 4) is 0 Å². The average Bonchev–Trinajstić information content (AvgIpc) is 2.57. The average molecular weight is 321 g/mol. The summed E-state index contributed by atoms with van der Waals surface area (Å²) in [4.78, 5) is 27.4. The molecule has 0 saturated heterocycles. The van der Waals surface area contributed by atoms with Crippen LogP contribution in [0.15, 0.2) is 47.3 Å². The summed E-state index contributed by atoms with van der Waals surface area (Å²) in [6, 6.07) is 12.7. The number of fused-ring (bicyclic) bond motifs is 1. The zero-order chi connectivity index (χ0) is 17.3. The molecule has 1 heterocycles. The second-order valence-electron chi connectivity index (χ2n) is 5.91. The van der Waals surface area contributed by atoms with Gasteiger partial charge in [0, 0.05) is 12.2 Å². The van der Waals surface area contributed by atoms with Gasteiger partial charge in [0.05, 0.1) is 5.52 Å². The highest BCUT2D eigenvalue weighted by atomic mass is 16.2. The number of anilines is 1. The summed E-state index contributed by atoms with van der Waals surface area (Å²) < 4.78 is 0. The van der Waals surface area contributed by atoms with Crippen LogP contribution in [0.5, 0.6) is 0 Å². The second-order valence-corrected chi connectivity index (χ2v) is 5.91. The molecule has 0 aliphatic rings. The number of carbonyl (C=O) groups excluding carboxylic acids is 1. The molecule has 1 amide bonds. The van der Waals surface area contributed by atoms with Crippen LogP contribution in [0.4, 0.5) is 5.69 Å². The zero-order valence-corrected chi connectivity index (χ0v) is 13.6. The van der Waals surface area contributed by atoms with Gasteiger partial charge in [-0.3, -0.25) is 9.59 Å². The molecular weight excluding hydrogens is 302 g/mol. The third kappa shape index (κ3) is 3.01. The number of aromatic amines is 1. The highest BCUT2D eigenvalue weighted by molar-refractivity contribution is 5.97. The molecule has 0 saturated carbocycles. The molecule has 0 fully saturated rings. The van der Waals surface area contributed by atoms with Crippen molar-refractivity contribution in [1.82, 2.24) is 10.3 Å². The maximum absolute atomic E-state index is 12.3. The number of H-pyrrole nitrogens is 1. The molecule has 5 nitrogen and oxygen atoms in total. The van der Waals surface area contributed by atoms with Crippen LogP contribution in [0.25, 0.3) is 10.9 Å². The van der Waals surface area contributed by atoms with E-state index in [1.807, 2.05) is 38.1 Å². The number of carbonyl (C=O) groups is 1. The summed E-state index contributed by atoms with van der Waals surface area (Å²) >= 11 is 0. The third-order valence-electron chi connectivity index (χ3n) is 4.23. The minimum absolute atomic E-state index is 0.112. The van der Waals surface area contributed by atoms with E-state index in [4.69, 9.17) is 5.73 Å². The van der Waals surface area contributed by atoms with Crippen LogP contribution in [0.1, 0.15) is 27.0 Å². The van der Waals surface area contributed by atoms with Crippen molar-refractivity contribution in [2.75, 3.05) is 5.73 Å². The van der Waals surface area contributed by atoms with E-state index >= 15 is 0 Å². The molecule has 0 aliphatic carbocycles. The van der Waals surface area contributed by atoms with Gasteiger partial charge in [-0.15, -0.1) is 0 Å². The number of rotatable bonds is 3. The number of benzene rings is 2. The Morgan fingerprint density at radius 2 is 1.83 bits per heavy atom. The fraction of sp³-hybridized carbons (Fsp3) is 0.158. The van der Waals surface area contributed by atoms with E-state index in [0.717, 1.165) is 27.6 Å². The van der Waals surface area contributed by atoms with Gasteiger partial charge in [0.1, 0.15) is 5.56 Å². The number of hydrogen-bond donors (Lipinski definition) is 3. The Kier molecular flexibility index (Phi) is 4.08. The van der Waals surface area contributed by atoms with Crippen LogP contribution in [0.3, 0.4) is 0 Å². The van der Waals surface area contributed by atoms with Crippen molar-refractivity contribution in [2.24, 2.45) is 0 Å². The summed E-state index contributed by atoms with van der Waals surface area (Å²) in [5, 5.41) is 3.61. The van der Waals surface area contributed by atoms with Crippen molar-refractivity contribution in [3.05, 3.63) is 75.1 Å². The predicted octanol–water partition coefficient (Wildman–Crippen LogP) is 2.66. The van der Waals surface area contributed by atoms with Gasteiger partial charge >= 0.3 is 0 Å². The Labute approximate surface area is 139 Å². The van der Waals surface area contributed by atoms with E-state index in [2.05, 4.69) is 10.3 Å². The fourth-order valence-corrected chi connectivity index (χ4v) is 2.61. The predicted molar refractivity (Wildman–Crippen MR) is 96.1 cm³/mol. The molecule has 5 heteroatoms. The van der Waals surface area contributed by atoms with Gasteiger partial charge in [0.25, 0.3) is 11.5 Å². The van der Waals surface area contributed by atoms with Gasteiger partial charge in [-0.05, 0) is 54.1 Å². The molecular formula is C19H19N3O2. The van der Waals surface area contributed by atoms with Gasteiger partial charge in [-0.2, -0.15) is 0 Å². The van der Waals surface area contributed by atoms with Crippen LogP contribution in [-0.4, -0.2) is 10.9 Å². The fourth-order valence-electron chi connectivity index (χ4n) is 2.61. The van der Waals surface area contributed by atoms with Crippen molar-refractivity contribution < 1.29 is 4.79 Å². The molecule has 0 atom stereocenters. The van der Waals surface area contributed by atoms with E-state index in [-0.39, 0.29) is 11.1 Å². The molecule has 24 heavy (non-hydrogen) atoms. The Morgan fingerprint density at radius 1 is 1.12 bits per heavy atom. The molecule has 0 bridgehead atoms. The lowest BCUT2D eigenvalue weighted by atomic mass is 10.0. The molecule has 4 N–H and O–H groups in total. The Bertz CT molecular complexity index is 972. The van der Waals surface area contributed by atoms with Crippen molar-refractivity contribution in [2.45, 2.75) is 20.4 Å². The molecule has 0 spiro atoms. The van der Waals surface area contributed by atoms with Crippen LogP contribution in [0.2, 0.25) is 0 Å². The minimum Gasteiger partial charge on any atom is -0.399 e. The summed E-state index contributed by atoms with van der Waals surface area (Å²) in [5.41, 5.74) is 9.83. The largest absolute Gasteiger partial charge is 0.399 e. The van der Waals surface area contributed by atoms with Crippen LogP contribution >= 0.6 is 0 Å². The topological polar surface area (TPSA) is 88.0 Å². The van der Waals surface area contributed by atoms with Crippen molar-refractivity contribution in [1.29, 1.82) is 0 Å². The van der Waals surface area contributed by atoms with Gasteiger partial charge < -0.3 is 16.0 Å². The standard InChI is InChI=1S/C19H19N3O2/c1-11-3-6-14-9-16(19(24)22-17(14)12(11)2)18(23)21-10-13-4-7-15(20)8-5-13/h3-9H,10,20H2,1-2H3,(H,21,23)(H,22,24). The van der Waals surface area contributed by atoms with Gasteiger partial charge in [-0.25, -0.2) is 0 Å². The first-order chi connectivity index (χ1) is 11.5. The zero-order valence-electron chi connectivity index (χ0n) is 13.6. The van der Waals surface area contributed by atoms with E-state index in [9.17, 15) is 9.59 Å². The number of aromatic nitrogens is 1. The monoisotopic (exact) mass is 321 g/mol. The van der Waals surface area contributed by atoms with E-state index < -0.39 is 5.91 Å². The molecule has 122 valence electrons. The number of nitrogens with one attached hydrogen (secondary N) is 2. The molecule has 0 aliphatic heterocycles. The van der Waals surface area contributed by atoms with Crippen LogP contribution in [0, 0.1) is 13.8 Å². The summed E-state index contributed by atoms with van der Waals surface area (Å²) in [6.07, 6.45) is 0. The number of pyridine rings is 1. The van der Waals surface area contributed by atoms with Crippen LogP contribution < -0.4 is 16.6 Å². The number of aryl methyl sites for hydroxylation is 2. The van der Waals surface area contributed by atoms with E-state index in [1.54, 1.807) is 18.2 Å². The second kappa shape index (κ2) is 6.20. The van der Waals surface area contributed by atoms with Gasteiger partial charge in [-0.1, -0.05) is 24.3 Å². The Balaban J connectivity index is 1.87. The van der Waals surface area contributed by atoms with Gasteiger partial charge in [0.15, 0.2) is 0 Å². The maximum Gasteiger partial charge on any atom is 0.261 e. The minimum atomic E-state index is -0.395. The lowest BCUT2D eigenvalue weighted by Crippen LogP contribution is -2.29. The van der Waals surface area contributed by atoms with E-state index in [1.165, 1.54) is 0 Å². The molecule has 2 aromatic carbocycles. The molecule has 0 radical (unpaired) electrons. The van der Waals surface area contributed by atoms with E-state index in [0.29, 0.717) is 12.2 Å². The number of nitrogens with two attached hydrogens (primary N) is 1. The highest BCUT2D eigenvalue weighted by Gasteiger charge is 2.13. The SMILES string of the molecule is Cc1ccc2cc(C(=O)NCc3ccc(N)cc3)c(=O)[nH]c2c1C. The molecule has 3 rings (SSSR count). The molecule has 3 aromatic rings. The number of nitrogen functional groups attached to an aromatic ring is 1. The summed E-state index contributed by atoms with van der Waals surface area (Å²) in [7, 11) is 0. The third-order valence-corrected chi connectivity index (χ3v) is 4.23. The molecule has 1 aromatic heterocycles. The van der Waals surface area contributed by atoms with Crippen LogP contribution in [-0.2, 0) is 6.54 Å². The number of amides is 1. The maximum atomic E-state index is 12.3. The first kappa shape index (κ1) is 15.8. The highest BCUT2D eigenvalue weighted by Crippen LogP contribution is 2.18. The lowest BCUT2D eigenvalue weighted by molar-refractivity contribution is 0.0949. The van der Waals surface area contributed by atoms with Crippen molar-refractivity contribution >= 4 is 22.5 Å². The lowest BCUT2D eigenvalue weighted by Gasteiger charge is -2.09. The quantitative estimate of drug-likeness (QED) is 0.648. The first-order valence-electron chi connectivity index (χ1n) is 7.71. The summed E-state index contributed by atoms with van der Waals surface area (Å²) in [6.45, 7) is 4.28. The number of hydrogen-bond acceptors (Lipinski definition) is 3. The Morgan fingerprint density at radius 3 is 2.54 bits per heavy atom.